The topological polar surface area (TPSA) is 104 Å². The maximum absolute atomic E-state index is 6.60. The number of fused-ring (bicyclic) bond motifs is 1. The quantitative estimate of drug-likeness (QED) is 0.777. The first-order chi connectivity index (χ1) is 12.5. The van der Waals surface area contributed by atoms with Crippen LogP contribution in [-0.4, -0.2) is 46.6 Å². The fraction of sp³-hybridized carbons (Fsp3) is 0.278. The first kappa shape index (κ1) is 16.3. The zero-order valence-electron chi connectivity index (χ0n) is 14.7. The minimum Gasteiger partial charge on any atom is -0.497 e. The molecule has 2 aromatic rings. The highest BCUT2D eigenvalue weighted by Crippen LogP contribution is 2.27. The fourth-order valence-electron chi connectivity index (χ4n) is 3.06. The number of nitrogens with zero attached hydrogens (tertiary/aromatic N) is 4. The second-order valence-electron chi connectivity index (χ2n) is 6.44. The molecule has 2 aliphatic heterocycles. The van der Waals surface area contributed by atoms with Crippen molar-refractivity contribution in [2.45, 2.75) is 19.0 Å². The zero-order valence-corrected chi connectivity index (χ0v) is 14.7. The number of aliphatic imine (C=N–C) groups is 2. The molecular weight excluding hydrogens is 330 g/mol. The van der Waals surface area contributed by atoms with Gasteiger partial charge in [-0.15, -0.1) is 0 Å². The van der Waals surface area contributed by atoms with Crippen molar-refractivity contribution in [3.63, 3.8) is 0 Å². The lowest BCUT2D eigenvalue weighted by molar-refractivity contribution is 0.414. The number of aromatic nitrogens is 2. The lowest BCUT2D eigenvalue weighted by Crippen LogP contribution is -2.48. The number of anilines is 1. The third-order valence-corrected chi connectivity index (χ3v) is 4.31. The molecule has 1 atom stereocenters. The van der Waals surface area contributed by atoms with Crippen molar-refractivity contribution in [2.24, 2.45) is 15.7 Å². The molecule has 0 fully saturated rings. The van der Waals surface area contributed by atoms with Gasteiger partial charge in [-0.1, -0.05) is 12.1 Å². The van der Waals surface area contributed by atoms with Gasteiger partial charge in [0.05, 0.1) is 13.7 Å². The summed E-state index contributed by atoms with van der Waals surface area (Å²) in [6.45, 7) is 2.60. The third-order valence-electron chi connectivity index (χ3n) is 4.31. The maximum atomic E-state index is 6.60. The molecule has 0 saturated carbocycles. The Morgan fingerprint density at radius 2 is 2.15 bits per heavy atom. The Morgan fingerprint density at radius 1 is 1.35 bits per heavy atom. The summed E-state index contributed by atoms with van der Waals surface area (Å²) in [7, 11) is 1.65. The van der Waals surface area contributed by atoms with Gasteiger partial charge >= 0.3 is 0 Å². The number of methoxy groups -OCH3 is 1. The standard InChI is InChI=1S/C18H21N7O/c1-12-9-15(24-23-12)21-17-22-18(19,11-16-20-7-8-25(16)17)10-13-3-5-14(26-2)6-4-13/h3-7,9,11H,8,10,19H2,1-2H3,(H2,21,22,23,24). The number of aryl methyl sites for hydroxylation is 1. The molecule has 0 bridgehead atoms. The number of rotatable bonds is 4. The van der Waals surface area contributed by atoms with Crippen LogP contribution in [-0.2, 0) is 6.42 Å². The van der Waals surface area contributed by atoms with E-state index in [1.165, 1.54) is 0 Å². The molecule has 2 aliphatic rings. The number of nitrogens with two attached hydrogens (primary N) is 1. The smallest absolute Gasteiger partial charge is 0.208 e. The van der Waals surface area contributed by atoms with Crippen LogP contribution in [0.15, 0.2) is 52.2 Å². The van der Waals surface area contributed by atoms with Crippen molar-refractivity contribution in [2.75, 3.05) is 19.0 Å². The van der Waals surface area contributed by atoms with Crippen molar-refractivity contribution in [3.8, 4) is 5.75 Å². The van der Waals surface area contributed by atoms with Gasteiger partial charge in [-0.05, 0) is 24.6 Å². The lowest BCUT2D eigenvalue weighted by atomic mass is 9.99. The molecule has 4 N–H and O–H groups in total. The van der Waals surface area contributed by atoms with E-state index >= 15 is 0 Å². The first-order valence-corrected chi connectivity index (χ1v) is 8.38. The lowest BCUT2D eigenvalue weighted by Gasteiger charge is -2.32. The van der Waals surface area contributed by atoms with Crippen LogP contribution in [0.2, 0.25) is 0 Å². The van der Waals surface area contributed by atoms with Gasteiger partial charge in [-0.2, -0.15) is 5.10 Å². The molecule has 0 saturated heterocycles. The molecule has 0 radical (unpaired) electrons. The van der Waals surface area contributed by atoms with Gasteiger partial charge in [0.2, 0.25) is 5.96 Å². The van der Waals surface area contributed by atoms with Crippen molar-refractivity contribution >= 4 is 18.0 Å². The van der Waals surface area contributed by atoms with E-state index in [2.05, 4.69) is 20.5 Å². The van der Waals surface area contributed by atoms with E-state index in [1.807, 2.05) is 54.4 Å². The largest absolute Gasteiger partial charge is 0.497 e. The maximum Gasteiger partial charge on any atom is 0.208 e. The second-order valence-corrected chi connectivity index (χ2v) is 6.44. The SMILES string of the molecule is COc1ccc(CC2(N)C=C3N=CCN3C(Nc3cc(C)[nH]n3)=N2)cc1. The number of benzene rings is 1. The average Bonchev–Trinajstić information content (AvgIpc) is 3.24. The number of aromatic amines is 1. The molecule has 1 unspecified atom stereocenters. The fourth-order valence-corrected chi connectivity index (χ4v) is 3.06. The van der Waals surface area contributed by atoms with Crippen molar-refractivity contribution in [1.82, 2.24) is 15.1 Å². The molecule has 8 nitrogen and oxygen atoms in total. The van der Waals surface area contributed by atoms with Crippen LogP contribution < -0.4 is 15.8 Å². The van der Waals surface area contributed by atoms with Gasteiger partial charge in [0.15, 0.2) is 5.82 Å². The van der Waals surface area contributed by atoms with Gasteiger partial charge in [-0.3, -0.25) is 10.00 Å². The second kappa shape index (κ2) is 6.30. The monoisotopic (exact) mass is 351 g/mol. The van der Waals surface area contributed by atoms with Gasteiger partial charge in [0.25, 0.3) is 0 Å². The molecule has 1 aromatic heterocycles. The van der Waals surface area contributed by atoms with Gasteiger partial charge in [0, 0.05) is 30.5 Å². The first-order valence-electron chi connectivity index (χ1n) is 8.38. The number of nitrogens with one attached hydrogen (secondary N) is 2. The van der Waals surface area contributed by atoms with Crippen molar-refractivity contribution in [1.29, 1.82) is 0 Å². The summed E-state index contributed by atoms with van der Waals surface area (Å²) in [6.07, 6.45) is 4.30. The zero-order chi connectivity index (χ0) is 18.1. The molecule has 0 spiro atoms. The Kier molecular flexibility index (Phi) is 3.96. The average molecular weight is 351 g/mol. The summed E-state index contributed by atoms with van der Waals surface area (Å²) in [5.74, 6) is 2.95. The number of hydrogen-bond acceptors (Lipinski definition) is 7. The van der Waals surface area contributed by atoms with Crippen LogP contribution in [0.25, 0.3) is 0 Å². The van der Waals surface area contributed by atoms with Gasteiger partial charge in [-0.25, -0.2) is 9.98 Å². The van der Waals surface area contributed by atoms with Crippen LogP contribution >= 0.6 is 0 Å². The molecule has 134 valence electrons. The highest BCUT2D eigenvalue weighted by atomic mass is 16.5. The van der Waals surface area contributed by atoms with E-state index < -0.39 is 5.66 Å². The predicted molar refractivity (Wildman–Crippen MR) is 101 cm³/mol. The van der Waals surface area contributed by atoms with E-state index in [9.17, 15) is 0 Å². The molecule has 1 aromatic carbocycles. The minimum absolute atomic E-state index is 0.550. The minimum atomic E-state index is -0.893. The van der Waals surface area contributed by atoms with Crippen molar-refractivity contribution < 1.29 is 4.74 Å². The normalized spacial score (nSPS) is 21.3. The predicted octanol–water partition coefficient (Wildman–Crippen LogP) is 1.63. The molecule has 0 amide bonds. The van der Waals surface area contributed by atoms with Crippen molar-refractivity contribution in [3.05, 3.63) is 53.5 Å². The Labute approximate surface area is 151 Å². The highest BCUT2D eigenvalue weighted by molar-refractivity contribution is 5.97. The summed E-state index contributed by atoms with van der Waals surface area (Å²) in [5, 5.41) is 10.4. The number of ether oxygens (including phenoxy) is 1. The molecular formula is C18H21N7O. The van der Waals surface area contributed by atoms with E-state index in [0.29, 0.717) is 24.7 Å². The van der Waals surface area contributed by atoms with E-state index in [4.69, 9.17) is 15.5 Å². The summed E-state index contributed by atoms with van der Waals surface area (Å²) >= 11 is 0. The summed E-state index contributed by atoms with van der Waals surface area (Å²) in [6, 6.07) is 9.75. The number of hydrogen-bond donors (Lipinski definition) is 3. The summed E-state index contributed by atoms with van der Waals surface area (Å²) in [4.78, 5) is 11.2. The summed E-state index contributed by atoms with van der Waals surface area (Å²) < 4.78 is 5.21. The van der Waals surface area contributed by atoms with E-state index in [0.717, 1.165) is 22.8 Å². The highest BCUT2D eigenvalue weighted by Gasteiger charge is 2.33. The van der Waals surface area contributed by atoms with Gasteiger partial charge < -0.3 is 15.8 Å². The Hall–Kier alpha value is -3.13. The summed E-state index contributed by atoms with van der Waals surface area (Å²) in [5.41, 5.74) is 7.75. The molecule has 26 heavy (non-hydrogen) atoms. The van der Waals surface area contributed by atoms with E-state index in [1.54, 1.807) is 7.11 Å². The number of H-pyrrole nitrogens is 1. The van der Waals surface area contributed by atoms with Crippen LogP contribution in [0.4, 0.5) is 5.82 Å². The van der Waals surface area contributed by atoms with Crippen LogP contribution in [0.5, 0.6) is 5.75 Å². The van der Waals surface area contributed by atoms with Crippen LogP contribution in [0.1, 0.15) is 11.3 Å². The Morgan fingerprint density at radius 3 is 2.85 bits per heavy atom. The van der Waals surface area contributed by atoms with Gasteiger partial charge in [0.1, 0.15) is 17.2 Å². The third kappa shape index (κ3) is 3.18. The molecule has 4 rings (SSSR count). The van der Waals surface area contributed by atoms with Crippen LogP contribution in [0, 0.1) is 6.92 Å². The van der Waals surface area contributed by atoms with Crippen LogP contribution in [0.3, 0.4) is 0 Å². The number of guanidine groups is 1. The molecule has 8 heteroatoms. The molecule has 3 heterocycles. The Balaban J connectivity index is 1.62. The Bertz CT molecular complexity index is 897. The molecule has 0 aliphatic carbocycles. The van der Waals surface area contributed by atoms with E-state index in [-0.39, 0.29) is 0 Å².